The topological polar surface area (TPSA) is 40.5 Å². The first kappa shape index (κ1) is 16.2. The van der Waals surface area contributed by atoms with Crippen molar-refractivity contribution in [1.82, 2.24) is 4.90 Å². The Labute approximate surface area is 99.6 Å². The van der Waals surface area contributed by atoms with Crippen LogP contribution in [-0.2, 0) is 4.79 Å². The summed E-state index contributed by atoms with van der Waals surface area (Å²) in [5.41, 5.74) is 0. The van der Waals surface area contributed by atoms with Gasteiger partial charge in [0.1, 0.15) is 0 Å². The zero-order chi connectivity index (χ0) is 13.3. The SMILES string of the molecule is CCCCN(CCCCC(=O)O)CC(F)(F)F. The zero-order valence-electron chi connectivity index (χ0n) is 10.1. The van der Waals surface area contributed by atoms with E-state index in [1.54, 1.807) is 0 Å². The molecular weight excluding hydrogens is 235 g/mol. The summed E-state index contributed by atoms with van der Waals surface area (Å²) in [4.78, 5) is 11.6. The van der Waals surface area contributed by atoms with Gasteiger partial charge in [0.05, 0.1) is 6.54 Å². The van der Waals surface area contributed by atoms with Gasteiger partial charge in [-0.25, -0.2) is 0 Å². The molecule has 0 aliphatic heterocycles. The van der Waals surface area contributed by atoms with Gasteiger partial charge in [0.25, 0.3) is 0 Å². The number of aliphatic carboxylic acids is 1. The summed E-state index contributed by atoms with van der Waals surface area (Å²) >= 11 is 0. The van der Waals surface area contributed by atoms with Crippen molar-refractivity contribution >= 4 is 5.97 Å². The minimum atomic E-state index is -4.18. The third-order valence-corrected chi connectivity index (χ3v) is 2.35. The summed E-state index contributed by atoms with van der Waals surface area (Å²) in [5.74, 6) is -0.902. The van der Waals surface area contributed by atoms with Crippen LogP contribution in [0.4, 0.5) is 13.2 Å². The van der Waals surface area contributed by atoms with Gasteiger partial charge in [-0.15, -0.1) is 0 Å². The quantitative estimate of drug-likeness (QED) is 0.644. The molecule has 0 saturated carbocycles. The van der Waals surface area contributed by atoms with Crippen LogP contribution in [0.15, 0.2) is 0 Å². The van der Waals surface area contributed by atoms with Crippen LogP contribution in [-0.4, -0.2) is 41.8 Å². The number of nitrogens with zero attached hydrogens (tertiary/aromatic N) is 1. The smallest absolute Gasteiger partial charge is 0.401 e. The molecule has 1 N–H and O–H groups in total. The molecular formula is C11H20F3NO2. The summed E-state index contributed by atoms with van der Waals surface area (Å²) < 4.78 is 36.7. The average Bonchev–Trinajstić information content (AvgIpc) is 2.18. The number of halogens is 3. The van der Waals surface area contributed by atoms with Gasteiger partial charge >= 0.3 is 12.1 Å². The van der Waals surface area contributed by atoms with Crippen LogP contribution < -0.4 is 0 Å². The molecule has 0 saturated heterocycles. The largest absolute Gasteiger partial charge is 0.481 e. The van der Waals surface area contributed by atoms with Crippen molar-refractivity contribution in [1.29, 1.82) is 0 Å². The molecule has 0 heterocycles. The van der Waals surface area contributed by atoms with E-state index in [4.69, 9.17) is 5.11 Å². The first-order chi connectivity index (χ1) is 7.85. The molecule has 0 aromatic heterocycles. The van der Waals surface area contributed by atoms with Crippen molar-refractivity contribution in [3.63, 3.8) is 0 Å². The van der Waals surface area contributed by atoms with Gasteiger partial charge in [-0.2, -0.15) is 13.2 Å². The van der Waals surface area contributed by atoms with Gasteiger partial charge in [0, 0.05) is 6.42 Å². The number of carboxylic acid groups (broad SMARTS) is 1. The monoisotopic (exact) mass is 255 g/mol. The molecule has 0 aromatic carbocycles. The Kier molecular flexibility index (Phi) is 7.95. The number of carbonyl (C=O) groups is 1. The third kappa shape index (κ3) is 11.5. The van der Waals surface area contributed by atoms with E-state index in [1.165, 1.54) is 4.90 Å². The van der Waals surface area contributed by atoms with E-state index in [-0.39, 0.29) is 6.42 Å². The highest BCUT2D eigenvalue weighted by Gasteiger charge is 2.30. The van der Waals surface area contributed by atoms with E-state index in [2.05, 4.69) is 0 Å². The fraction of sp³-hybridized carbons (Fsp3) is 0.909. The molecule has 0 aliphatic rings. The minimum absolute atomic E-state index is 0.0215. The lowest BCUT2D eigenvalue weighted by Gasteiger charge is -2.23. The first-order valence-electron chi connectivity index (χ1n) is 5.86. The van der Waals surface area contributed by atoms with Crippen molar-refractivity contribution in [3.8, 4) is 0 Å². The lowest BCUT2D eigenvalue weighted by atomic mass is 10.2. The Morgan fingerprint density at radius 1 is 1.18 bits per heavy atom. The summed E-state index contributed by atoms with van der Waals surface area (Å²) in [5, 5.41) is 8.41. The van der Waals surface area contributed by atoms with Crippen molar-refractivity contribution in [2.24, 2.45) is 0 Å². The number of unbranched alkanes of at least 4 members (excludes halogenated alkanes) is 2. The summed E-state index contributed by atoms with van der Waals surface area (Å²) in [7, 11) is 0. The van der Waals surface area contributed by atoms with Crippen LogP contribution in [0.5, 0.6) is 0 Å². The second-order valence-electron chi connectivity index (χ2n) is 4.10. The molecule has 0 unspecified atom stereocenters. The van der Waals surface area contributed by atoms with Crippen LogP contribution >= 0.6 is 0 Å². The highest BCUT2D eigenvalue weighted by molar-refractivity contribution is 5.66. The number of hydrogen-bond acceptors (Lipinski definition) is 2. The minimum Gasteiger partial charge on any atom is -0.481 e. The molecule has 0 amide bonds. The molecule has 0 fully saturated rings. The van der Waals surface area contributed by atoms with Crippen molar-refractivity contribution in [3.05, 3.63) is 0 Å². The van der Waals surface area contributed by atoms with Crippen molar-refractivity contribution in [2.45, 2.75) is 45.2 Å². The highest BCUT2D eigenvalue weighted by Crippen LogP contribution is 2.17. The number of hydrogen-bond donors (Lipinski definition) is 1. The summed E-state index contributed by atoms with van der Waals surface area (Å²) in [6.45, 7) is 1.76. The Balaban J connectivity index is 3.88. The molecule has 0 bridgehead atoms. The van der Waals surface area contributed by atoms with Gasteiger partial charge in [-0.3, -0.25) is 9.69 Å². The standard InChI is InChI=1S/C11H20F3NO2/c1-2-3-7-15(9-11(12,13)14)8-5-4-6-10(16)17/h2-9H2,1H3,(H,16,17). The van der Waals surface area contributed by atoms with E-state index in [1.807, 2.05) is 6.92 Å². The second-order valence-corrected chi connectivity index (χ2v) is 4.10. The molecule has 3 nitrogen and oxygen atoms in total. The maximum absolute atomic E-state index is 12.2. The molecule has 0 rings (SSSR count). The Morgan fingerprint density at radius 3 is 2.24 bits per heavy atom. The van der Waals surface area contributed by atoms with Gasteiger partial charge in [-0.05, 0) is 32.4 Å². The molecule has 17 heavy (non-hydrogen) atoms. The van der Waals surface area contributed by atoms with Gasteiger partial charge in [0.15, 0.2) is 0 Å². The molecule has 6 heteroatoms. The molecule has 0 aromatic rings. The third-order valence-electron chi connectivity index (χ3n) is 2.35. The van der Waals surface area contributed by atoms with E-state index in [9.17, 15) is 18.0 Å². The fourth-order valence-electron chi connectivity index (χ4n) is 1.52. The fourth-order valence-corrected chi connectivity index (χ4v) is 1.52. The second kappa shape index (κ2) is 8.33. The maximum atomic E-state index is 12.2. The van der Waals surface area contributed by atoms with Gasteiger partial charge in [-0.1, -0.05) is 13.3 Å². The molecule has 0 radical (unpaired) electrons. The first-order valence-corrected chi connectivity index (χ1v) is 5.86. The van der Waals surface area contributed by atoms with E-state index in [0.717, 1.165) is 12.8 Å². The number of carboxylic acids is 1. The lowest BCUT2D eigenvalue weighted by molar-refractivity contribution is -0.146. The zero-order valence-corrected chi connectivity index (χ0v) is 10.1. The van der Waals surface area contributed by atoms with Crippen LogP contribution in [0.25, 0.3) is 0 Å². The van der Waals surface area contributed by atoms with Crippen molar-refractivity contribution in [2.75, 3.05) is 19.6 Å². The number of rotatable bonds is 9. The Morgan fingerprint density at radius 2 is 1.76 bits per heavy atom. The Bertz CT molecular complexity index is 219. The predicted octanol–water partition coefficient (Wildman–Crippen LogP) is 2.91. The molecule has 0 aliphatic carbocycles. The molecule has 0 spiro atoms. The van der Waals surface area contributed by atoms with Crippen LogP contribution in [0.2, 0.25) is 0 Å². The summed E-state index contributed by atoms with van der Waals surface area (Å²) in [6, 6.07) is 0. The number of alkyl halides is 3. The van der Waals surface area contributed by atoms with Gasteiger partial charge in [0.2, 0.25) is 0 Å². The lowest BCUT2D eigenvalue weighted by Crippen LogP contribution is -2.35. The van der Waals surface area contributed by atoms with Crippen LogP contribution in [0, 0.1) is 0 Å². The van der Waals surface area contributed by atoms with E-state index < -0.39 is 18.7 Å². The normalized spacial score (nSPS) is 12.1. The van der Waals surface area contributed by atoms with Crippen molar-refractivity contribution < 1.29 is 23.1 Å². The Hall–Kier alpha value is -0.780. The average molecular weight is 255 g/mol. The molecule has 102 valence electrons. The predicted molar refractivity (Wildman–Crippen MR) is 58.9 cm³/mol. The maximum Gasteiger partial charge on any atom is 0.401 e. The summed E-state index contributed by atoms with van der Waals surface area (Å²) in [6.07, 6.45) is -1.66. The van der Waals surface area contributed by atoms with E-state index in [0.29, 0.717) is 25.9 Å². The molecule has 0 atom stereocenters. The van der Waals surface area contributed by atoms with Gasteiger partial charge < -0.3 is 5.11 Å². The van der Waals surface area contributed by atoms with Crippen LogP contribution in [0.3, 0.4) is 0 Å². The van der Waals surface area contributed by atoms with Crippen LogP contribution in [0.1, 0.15) is 39.0 Å². The highest BCUT2D eigenvalue weighted by atomic mass is 19.4. The van der Waals surface area contributed by atoms with E-state index >= 15 is 0 Å².